The Morgan fingerprint density at radius 3 is 2.70 bits per heavy atom. The number of amides is 2. The van der Waals surface area contributed by atoms with Gasteiger partial charge in [0.2, 0.25) is 11.8 Å². The van der Waals surface area contributed by atoms with Gasteiger partial charge in [0, 0.05) is 7.05 Å². The van der Waals surface area contributed by atoms with Crippen LogP contribution in [-0.4, -0.2) is 40.9 Å². The Morgan fingerprint density at radius 1 is 1.45 bits per heavy atom. The molecule has 1 fully saturated rings. The first-order chi connectivity index (χ1) is 9.38. The van der Waals surface area contributed by atoms with E-state index in [0.29, 0.717) is 17.4 Å². The van der Waals surface area contributed by atoms with E-state index in [1.54, 1.807) is 12.1 Å². The van der Waals surface area contributed by atoms with Crippen molar-refractivity contribution in [1.82, 2.24) is 9.88 Å². The first-order valence-corrected chi connectivity index (χ1v) is 6.38. The van der Waals surface area contributed by atoms with Crippen LogP contribution >= 0.6 is 0 Å². The number of carbonyl (C=O) groups excluding carboxylic acids is 2. The minimum Gasteiger partial charge on any atom is -0.473 e. The van der Waals surface area contributed by atoms with Crippen molar-refractivity contribution in [1.29, 1.82) is 0 Å². The number of nitrogens with two attached hydrogens (primary N) is 1. The van der Waals surface area contributed by atoms with E-state index >= 15 is 0 Å². The molecule has 1 aliphatic rings. The number of nitrogens with zero attached hydrogens (tertiary/aromatic N) is 2. The fourth-order valence-corrected chi connectivity index (χ4v) is 1.90. The van der Waals surface area contributed by atoms with Crippen LogP contribution in [0.15, 0.2) is 12.1 Å². The molecule has 0 bridgehead atoms. The second-order valence-electron chi connectivity index (χ2n) is 4.95. The van der Waals surface area contributed by atoms with Crippen LogP contribution in [0.3, 0.4) is 0 Å². The number of likely N-dealkylation sites (N-methyl/N-ethyl adjacent to an activating group) is 1. The quantitative estimate of drug-likeness (QED) is 0.784. The molecule has 0 aliphatic carbocycles. The first kappa shape index (κ1) is 14.1. The number of nitrogens with one attached hydrogen (secondary N) is 1. The highest BCUT2D eigenvalue weighted by Crippen LogP contribution is 2.23. The SMILES string of the molecule is CC(C)Oc1nc(NC2CC(=O)N(C)C2=O)ccc1N. The lowest BCUT2D eigenvalue weighted by Crippen LogP contribution is -2.32. The summed E-state index contributed by atoms with van der Waals surface area (Å²) in [5.41, 5.74) is 6.20. The van der Waals surface area contributed by atoms with E-state index in [2.05, 4.69) is 10.3 Å². The highest BCUT2D eigenvalue weighted by Gasteiger charge is 2.36. The Bertz CT molecular complexity index is 544. The largest absolute Gasteiger partial charge is 0.473 e. The Labute approximate surface area is 117 Å². The summed E-state index contributed by atoms with van der Waals surface area (Å²) in [6.07, 6.45) is 0.0720. The lowest BCUT2D eigenvalue weighted by Gasteiger charge is -2.15. The van der Waals surface area contributed by atoms with Crippen LogP contribution in [0, 0.1) is 0 Å². The smallest absolute Gasteiger partial charge is 0.251 e. The maximum absolute atomic E-state index is 11.8. The molecular formula is C13H18N4O3. The minimum absolute atomic E-state index is 0.0547. The molecule has 2 amide bonds. The lowest BCUT2D eigenvalue weighted by molar-refractivity contribution is -0.136. The Balaban J connectivity index is 2.14. The number of imide groups is 1. The van der Waals surface area contributed by atoms with Crippen molar-refractivity contribution >= 4 is 23.3 Å². The number of carbonyl (C=O) groups is 2. The average Bonchev–Trinajstić information content (AvgIpc) is 2.61. The minimum atomic E-state index is -0.587. The molecule has 1 aromatic rings. The lowest BCUT2D eigenvalue weighted by atomic mass is 10.2. The molecule has 20 heavy (non-hydrogen) atoms. The third kappa shape index (κ3) is 2.81. The van der Waals surface area contributed by atoms with Gasteiger partial charge in [0.15, 0.2) is 0 Å². The third-order valence-corrected chi connectivity index (χ3v) is 2.94. The van der Waals surface area contributed by atoms with Gasteiger partial charge in [0.25, 0.3) is 5.91 Å². The van der Waals surface area contributed by atoms with E-state index < -0.39 is 6.04 Å². The van der Waals surface area contributed by atoms with E-state index in [9.17, 15) is 9.59 Å². The van der Waals surface area contributed by atoms with Gasteiger partial charge in [-0.25, -0.2) is 0 Å². The Kier molecular flexibility index (Phi) is 3.78. The molecule has 1 aromatic heterocycles. The van der Waals surface area contributed by atoms with E-state index in [4.69, 9.17) is 10.5 Å². The average molecular weight is 278 g/mol. The molecule has 0 saturated carbocycles. The second kappa shape index (κ2) is 5.36. The van der Waals surface area contributed by atoms with Gasteiger partial charge in [-0.05, 0) is 26.0 Å². The molecule has 0 aromatic carbocycles. The van der Waals surface area contributed by atoms with Crippen LogP contribution in [0.2, 0.25) is 0 Å². The summed E-state index contributed by atoms with van der Waals surface area (Å²) in [5, 5.41) is 2.93. The van der Waals surface area contributed by atoms with Crippen LogP contribution in [0.25, 0.3) is 0 Å². The zero-order chi connectivity index (χ0) is 14.9. The fourth-order valence-electron chi connectivity index (χ4n) is 1.90. The van der Waals surface area contributed by atoms with Gasteiger partial charge in [0.05, 0.1) is 18.2 Å². The van der Waals surface area contributed by atoms with E-state index in [1.807, 2.05) is 13.8 Å². The summed E-state index contributed by atoms with van der Waals surface area (Å²) < 4.78 is 5.48. The van der Waals surface area contributed by atoms with Gasteiger partial charge in [-0.2, -0.15) is 4.98 Å². The van der Waals surface area contributed by atoms with E-state index in [1.165, 1.54) is 7.05 Å². The third-order valence-electron chi connectivity index (χ3n) is 2.94. The molecule has 7 nitrogen and oxygen atoms in total. The monoisotopic (exact) mass is 278 g/mol. The molecule has 3 N–H and O–H groups in total. The summed E-state index contributed by atoms with van der Waals surface area (Å²) in [4.78, 5) is 28.6. The maximum Gasteiger partial charge on any atom is 0.251 e. The number of aromatic nitrogens is 1. The normalized spacial score (nSPS) is 18.8. The number of hydrogen-bond acceptors (Lipinski definition) is 6. The molecule has 1 unspecified atom stereocenters. The summed E-state index contributed by atoms with van der Waals surface area (Å²) >= 11 is 0. The molecule has 0 spiro atoms. The van der Waals surface area contributed by atoms with Gasteiger partial charge < -0.3 is 15.8 Å². The van der Waals surface area contributed by atoms with Gasteiger partial charge in [-0.15, -0.1) is 0 Å². The molecule has 0 radical (unpaired) electrons. The predicted octanol–water partition coefficient (Wildman–Crippen LogP) is 0.620. The number of pyridine rings is 1. The standard InChI is InChI=1S/C13H18N4O3/c1-7(2)20-12-8(14)4-5-10(16-12)15-9-6-11(18)17(3)13(9)19/h4-5,7,9H,6,14H2,1-3H3,(H,15,16). The highest BCUT2D eigenvalue weighted by molar-refractivity contribution is 6.06. The van der Waals surface area contributed by atoms with Crippen molar-refractivity contribution in [3.63, 3.8) is 0 Å². The van der Waals surface area contributed by atoms with Gasteiger partial charge in [0.1, 0.15) is 11.9 Å². The second-order valence-corrected chi connectivity index (χ2v) is 4.95. The predicted molar refractivity (Wildman–Crippen MR) is 74.2 cm³/mol. The molecular weight excluding hydrogens is 260 g/mol. The van der Waals surface area contributed by atoms with Crippen LogP contribution in [0.4, 0.5) is 11.5 Å². The molecule has 1 aliphatic heterocycles. The fraction of sp³-hybridized carbons (Fsp3) is 0.462. The van der Waals surface area contributed by atoms with Crippen molar-refractivity contribution in [3.8, 4) is 5.88 Å². The van der Waals surface area contributed by atoms with Crippen molar-refractivity contribution in [2.45, 2.75) is 32.4 Å². The first-order valence-electron chi connectivity index (χ1n) is 6.38. The van der Waals surface area contributed by atoms with Crippen molar-refractivity contribution in [3.05, 3.63) is 12.1 Å². The van der Waals surface area contributed by atoms with Gasteiger partial charge in [-0.3, -0.25) is 14.5 Å². The van der Waals surface area contributed by atoms with Gasteiger partial charge >= 0.3 is 0 Å². The van der Waals surface area contributed by atoms with Crippen molar-refractivity contribution in [2.24, 2.45) is 0 Å². The summed E-state index contributed by atoms with van der Waals surface area (Å²) in [7, 11) is 1.47. The summed E-state index contributed by atoms with van der Waals surface area (Å²) in [6, 6.07) is 2.71. The summed E-state index contributed by atoms with van der Waals surface area (Å²) in [5.74, 6) is 0.299. The molecule has 2 heterocycles. The maximum atomic E-state index is 11.8. The molecule has 108 valence electrons. The van der Waals surface area contributed by atoms with Crippen molar-refractivity contribution < 1.29 is 14.3 Å². The zero-order valence-electron chi connectivity index (χ0n) is 11.7. The molecule has 2 rings (SSSR count). The Morgan fingerprint density at radius 2 is 2.15 bits per heavy atom. The van der Waals surface area contributed by atoms with E-state index in [-0.39, 0.29) is 24.3 Å². The zero-order valence-corrected chi connectivity index (χ0v) is 11.7. The van der Waals surface area contributed by atoms with Crippen LogP contribution < -0.4 is 15.8 Å². The number of anilines is 2. The number of likely N-dealkylation sites (tertiary alicyclic amines) is 1. The molecule has 1 atom stereocenters. The van der Waals surface area contributed by atoms with Crippen LogP contribution in [-0.2, 0) is 9.59 Å². The molecule has 7 heteroatoms. The number of hydrogen-bond donors (Lipinski definition) is 2. The van der Waals surface area contributed by atoms with E-state index in [0.717, 1.165) is 4.90 Å². The highest BCUT2D eigenvalue weighted by atomic mass is 16.5. The van der Waals surface area contributed by atoms with Crippen LogP contribution in [0.1, 0.15) is 20.3 Å². The summed E-state index contributed by atoms with van der Waals surface area (Å²) in [6.45, 7) is 3.74. The van der Waals surface area contributed by atoms with Crippen LogP contribution in [0.5, 0.6) is 5.88 Å². The van der Waals surface area contributed by atoms with Crippen molar-refractivity contribution in [2.75, 3.05) is 18.1 Å². The number of rotatable bonds is 4. The topological polar surface area (TPSA) is 97.5 Å². The molecule has 1 saturated heterocycles. The number of nitrogen functional groups attached to an aromatic ring is 1. The number of ether oxygens (including phenoxy) is 1. The Hall–Kier alpha value is -2.31. The van der Waals surface area contributed by atoms with Gasteiger partial charge in [-0.1, -0.05) is 0 Å².